The molecule has 1 aliphatic carbocycles. The Hall–Kier alpha value is -0.830. The molecule has 1 saturated carbocycles. The van der Waals surface area contributed by atoms with E-state index in [4.69, 9.17) is 4.74 Å². The molecule has 0 aromatic rings. The third kappa shape index (κ3) is 3.84. The molecular formula is C14H24O3. The van der Waals surface area contributed by atoms with Gasteiger partial charge in [0.1, 0.15) is 0 Å². The van der Waals surface area contributed by atoms with Crippen LogP contribution in [0.3, 0.4) is 0 Å². The largest absolute Gasteiger partial charge is 0.466 e. The van der Waals surface area contributed by atoms with Gasteiger partial charge in [-0.15, -0.1) is 0 Å². The second-order valence-electron chi connectivity index (χ2n) is 5.65. The van der Waals surface area contributed by atoms with Crippen molar-refractivity contribution in [2.45, 2.75) is 52.6 Å². The summed E-state index contributed by atoms with van der Waals surface area (Å²) in [5.41, 5.74) is 1.14. The van der Waals surface area contributed by atoms with Crippen LogP contribution in [0.4, 0.5) is 0 Å². The summed E-state index contributed by atoms with van der Waals surface area (Å²) in [5, 5.41) is 9.84. The summed E-state index contributed by atoms with van der Waals surface area (Å²) in [6.07, 6.45) is 3.23. The first-order valence-electron chi connectivity index (χ1n) is 6.34. The number of aliphatic hydroxyl groups excluding tert-OH is 1. The lowest BCUT2D eigenvalue weighted by Crippen LogP contribution is -2.36. The molecule has 1 fully saturated rings. The average Bonchev–Trinajstić information content (AvgIpc) is 2.22. The Morgan fingerprint density at radius 1 is 1.59 bits per heavy atom. The normalized spacial score (nSPS) is 27.9. The molecule has 1 rings (SSSR count). The van der Waals surface area contributed by atoms with Gasteiger partial charge in [0.05, 0.1) is 12.7 Å². The molecule has 17 heavy (non-hydrogen) atoms. The maximum Gasteiger partial charge on any atom is 0.302 e. The Morgan fingerprint density at radius 2 is 2.24 bits per heavy atom. The third-order valence-electron chi connectivity index (χ3n) is 3.82. The first-order valence-corrected chi connectivity index (χ1v) is 6.34. The Kier molecular flexibility index (Phi) is 4.75. The number of ether oxygens (including phenoxy) is 1. The maximum atomic E-state index is 10.7. The van der Waals surface area contributed by atoms with Crippen molar-refractivity contribution in [3.8, 4) is 0 Å². The molecule has 3 nitrogen and oxygen atoms in total. The lowest BCUT2D eigenvalue weighted by atomic mass is 9.64. The summed E-state index contributed by atoms with van der Waals surface area (Å²) in [6.45, 7) is 10.4. The zero-order valence-corrected chi connectivity index (χ0v) is 11.2. The van der Waals surface area contributed by atoms with E-state index in [9.17, 15) is 9.90 Å². The molecule has 0 aromatic carbocycles. The predicted molar refractivity (Wildman–Crippen MR) is 67.5 cm³/mol. The Balaban J connectivity index is 2.47. The molecule has 2 atom stereocenters. The smallest absolute Gasteiger partial charge is 0.302 e. The molecule has 1 aliphatic rings. The molecule has 0 aromatic heterocycles. The monoisotopic (exact) mass is 240 g/mol. The SMILES string of the molecule is C=C1C(CCCOC(C)=O)C(C)(C)CC[C@@H]1O. The van der Waals surface area contributed by atoms with Crippen molar-refractivity contribution in [1.29, 1.82) is 0 Å². The molecule has 0 bridgehead atoms. The van der Waals surface area contributed by atoms with Crippen LogP contribution in [0, 0.1) is 11.3 Å². The average molecular weight is 240 g/mol. The van der Waals surface area contributed by atoms with E-state index in [2.05, 4.69) is 20.4 Å². The molecule has 0 radical (unpaired) electrons. The molecule has 0 amide bonds. The van der Waals surface area contributed by atoms with Crippen molar-refractivity contribution in [3.63, 3.8) is 0 Å². The van der Waals surface area contributed by atoms with Crippen molar-refractivity contribution >= 4 is 5.97 Å². The van der Waals surface area contributed by atoms with E-state index in [0.717, 1.165) is 31.3 Å². The maximum absolute atomic E-state index is 10.7. The summed E-state index contributed by atoms with van der Waals surface area (Å²) in [4.78, 5) is 10.7. The van der Waals surface area contributed by atoms with Crippen LogP contribution in [0.1, 0.15) is 46.5 Å². The fourth-order valence-electron chi connectivity index (χ4n) is 2.68. The number of aliphatic hydroxyl groups is 1. The third-order valence-corrected chi connectivity index (χ3v) is 3.82. The zero-order valence-electron chi connectivity index (χ0n) is 11.2. The molecular weight excluding hydrogens is 216 g/mol. The highest BCUT2D eigenvalue weighted by molar-refractivity contribution is 5.65. The van der Waals surface area contributed by atoms with Crippen molar-refractivity contribution in [2.75, 3.05) is 6.61 Å². The highest BCUT2D eigenvalue weighted by atomic mass is 16.5. The second-order valence-corrected chi connectivity index (χ2v) is 5.65. The summed E-state index contributed by atoms with van der Waals surface area (Å²) in [7, 11) is 0. The van der Waals surface area contributed by atoms with Crippen molar-refractivity contribution < 1.29 is 14.6 Å². The topological polar surface area (TPSA) is 46.5 Å². The van der Waals surface area contributed by atoms with Crippen LogP contribution in [-0.4, -0.2) is 23.8 Å². The van der Waals surface area contributed by atoms with Gasteiger partial charge in [0.2, 0.25) is 0 Å². The molecule has 98 valence electrons. The van der Waals surface area contributed by atoms with Gasteiger partial charge in [0, 0.05) is 6.92 Å². The Labute approximate surface area is 104 Å². The van der Waals surface area contributed by atoms with Gasteiger partial charge in [0.15, 0.2) is 0 Å². The number of esters is 1. The molecule has 0 heterocycles. The van der Waals surface area contributed by atoms with Crippen LogP contribution < -0.4 is 0 Å². The van der Waals surface area contributed by atoms with Gasteiger partial charge in [-0.05, 0) is 42.6 Å². The highest BCUT2D eigenvalue weighted by Crippen LogP contribution is 2.45. The van der Waals surface area contributed by atoms with E-state index in [1.807, 2.05) is 0 Å². The lowest BCUT2D eigenvalue weighted by Gasteiger charge is -2.42. The van der Waals surface area contributed by atoms with Crippen molar-refractivity contribution in [3.05, 3.63) is 12.2 Å². The standard InChI is InChI=1S/C14H24O3/c1-10-12(6-5-9-17-11(2)15)14(3,4)8-7-13(10)16/h12-13,16H,1,5-9H2,2-4H3/t12?,13-/m0/s1. The molecule has 3 heteroatoms. The summed E-state index contributed by atoms with van der Waals surface area (Å²) < 4.78 is 4.93. The summed E-state index contributed by atoms with van der Waals surface area (Å²) >= 11 is 0. The molecule has 0 spiro atoms. The van der Waals surface area contributed by atoms with E-state index >= 15 is 0 Å². The van der Waals surface area contributed by atoms with Crippen molar-refractivity contribution in [2.24, 2.45) is 11.3 Å². The first-order chi connectivity index (χ1) is 7.84. The fourth-order valence-corrected chi connectivity index (χ4v) is 2.68. The lowest BCUT2D eigenvalue weighted by molar-refractivity contribution is -0.141. The quantitative estimate of drug-likeness (QED) is 0.467. The predicted octanol–water partition coefficient (Wildman–Crippen LogP) is 2.68. The molecule has 0 saturated heterocycles. The van der Waals surface area contributed by atoms with Crippen LogP contribution in [0.15, 0.2) is 12.2 Å². The first kappa shape index (κ1) is 14.2. The van der Waals surface area contributed by atoms with Gasteiger partial charge < -0.3 is 9.84 Å². The number of carbonyl (C=O) groups excluding carboxylic acids is 1. The van der Waals surface area contributed by atoms with Gasteiger partial charge in [-0.2, -0.15) is 0 Å². The second kappa shape index (κ2) is 5.67. The van der Waals surface area contributed by atoms with Crippen LogP contribution in [0.2, 0.25) is 0 Å². The van der Waals surface area contributed by atoms with E-state index in [0.29, 0.717) is 12.5 Å². The van der Waals surface area contributed by atoms with Gasteiger partial charge in [-0.1, -0.05) is 20.4 Å². The molecule has 0 aliphatic heterocycles. The van der Waals surface area contributed by atoms with Gasteiger partial charge in [-0.3, -0.25) is 4.79 Å². The van der Waals surface area contributed by atoms with Crippen LogP contribution in [0.25, 0.3) is 0 Å². The number of hydrogen-bond donors (Lipinski definition) is 1. The molecule has 1 unspecified atom stereocenters. The number of hydrogen-bond acceptors (Lipinski definition) is 3. The Morgan fingerprint density at radius 3 is 2.82 bits per heavy atom. The van der Waals surface area contributed by atoms with Crippen molar-refractivity contribution in [1.82, 2.24) is 0 Å². The van der Waals surface area contributed by atoms with Crippen LogP contribution in [-0.2, 0) is 9.53 Å². The number of rotatable bonds is 4. The van der Waals surface area contributed by atoms with E-state index in [-0.39, 0.29) is 17.5 Å². The van der Waals surface area contributed by atoms with Gasteiger partial charge in [0.25, 0.3) is 0 Å². The van der Waals surface area contributed by atoms with Crippen LogP contribution >= 0.6 is 0 Å². The zero-order chi connectivity index (χ0) is 13.1. The fraction of sp³-hybridized carbons (Fsp3) is 0.786. The minimum atomic E-state index is -0.359. The van der Waals surface area contributed by atoms with E-state index < -0.39 is 0 Å². The summed E-state index contributed by atoms with van der Waals surface area (Å²) in [6, 6.07) is 0. The van der Waals surface area contributed by atoms with Gasteiger partial charge >= 0.3 is 5.97 Å². The minimum Gasteiger partial charge on any atom is -0.466 e. The minimum absolute atomic E-state index is 0.187. The van der Waals surface area contributed by atoms with E-state index in [1.54, 1.807) is 0 Å². The molecule has 1 N–H and O–H groups in total. The van der Waals surface area contributed by atoms with Crippen LogP contribution in [0.5, 0.6) is 0 Å². The number of carbonyl (C=O) groups is 1. The Bertz CT molecular complexity index is 294. The summed E-state index contributed by atoms with van der Waals surface area (Å²) in [5.74, 6) is 0.0913. The highest BCUT2D eigenvalue weighted by Gasteiger charge is 2.37. The van der Waals surface area contributed by atoms with E-state index in [1.165, 1.54) is 6.92 Å². The van der Waals surface area contributed by atoms with Gasteiger partial charge in [-0.25, -0.2) is 0 Å².